The Kier molecular flexibility index (Phi) is 6.02. The molecule has 2 aromatic carbocycles. The highest BCUT2D eigenvalue weighted by molar-refractivity contribution is 5.80. The van der Waals surface area contributed by atoms with Gasteiger partial charge in [-0.25, -0.2) is 0 Å². The zero-order valence-corrected chi connectivity index (χ0v) is 14.8. The van der Waals surface area contributed by atoms with Crippen molar-refractivity contribution in [3.63, 3.8) is 0 Å². The van der Waals surface area contributed by atoms with Crippen molar-refractivity contribution in [3.05, 3.63) is 71.8 Å². The monoisotopic (exact) mass is 352 g/mol. The van der Waals surface area contributed by atoms with E-state index in [1.807, 2.05) is 60.7 Å². The molecule has 1 N–H and O–H groups in total. The molecule has 136 valence electrons. The predicted molar refractivity (Wildman–Crippen MR) is 99.1 cm³/mol. The molecule has 1 unspecified atom stereocenters. The van der Waals surface area contributed by atoms with Gasteiger partial charge >= 0.3 is 0 Å². The second kappa shape index (κ2) is 8.63. The number of hydrogen-bond donors (Lipinski definition) is 1. The van der Waals surface area contributed by atoms with Crippen molar-refractivity contribution < 1.29 is 14.3 Å². The first kappa shape index (κ1) is 18.1. The maximum atomic E-state index is 12.9. The third-order valence-corrected chi connectivity index (χ3v) is 4.77. The Balaban J connectivity index is 1.67. The summed E-state index contributed by atoms with van der Waals surface area (Å²) in [6, 6.07) is 19.5. The fourth-order valence-corrected chi connectivity index (χ4v) is 3.47. The number of nitrogens with zero attached hydrogens (tertiary/aromatic N) is 1. The molecule has 1 aliphatic rings. The highest BCUT2D eigenvalue weighted by Gasteiger charge is 2.43. The smallest absolute Gasteiger partial charge is 0.228 e. The molecule has 0 saturated carbocycles. The number of ether oxygens (including phenoxy) is 1. The second-order valence-corrected chi connectivity index (χ2v) is 6.58. The summed E-state index contributed by atoms with van der Waals surface area (Å²) in [5, 5.41) is 2.86. The average molecular weight is 352 g/mol. The fraction of sp³-hybridized carbons (Fsp3) is 0.333. The van der Waals surface area contributed by atoms with E-state index in [9.17, 15) is 9.59 Å². The minimum Gasteiger partial charge on any atom is -0.372 e. The molecule has 0 bridgehead atoms. The van der Waals surface area contributed by atoms with Crippen LogP contribution in [0.25, 0.3) is 0 Å². The first-order valence-corrected chi connectivity index (χ1v) is 8.91. The lowest BCUT2D eigenvalue weighted by Gasteiger charge is -2.38. The number of nitrogens with one attached hydrogen (secondary N) is 1. The van der Waals surface area contributed by atoms with Crippen LogP contribution in [0.4, 0.5) is 0 Å². The number of likely N-dealkylation sites (tertiary alicyclic amines) is 1. The summed E-state index contributed by atoms with van der Waals surface area (Å²) in [7, 11) is 0. The summed E-state index contributed by atoms with van der Waals surface area (Å²) in [6.45, 7) is 1.35. The maximum Gasteiger partial charge on any atom is 0.228 e. The molecule has 1 heterocycles. The molecule has 26 heavy (non-hydrogen) atoms. The Hall–Kier alpha value is -2.66. The molecule has 1 saturated heterocycles. The Morgan fingerprint density at radius 2 is 1.73 bits per heavy atom. The van der Waals surface area contributed by atoms with Gasteiger partial charge in [0.25, 0.3) is 0 Å². The summed E-state index contributed by atoms with van der Waals surface area (Å²) in [5.41, 5.74) is 1.27. The number of amides is 2. The summed E-state index contributed by atoms with van der Waals surface area (Å²) >= 11 is 0. The van der Waals surface area contributed by atoms with E-state index in [4.69, 9.17) is 4.74 Å². The van der Waals surface area contributed by atoms with E-state index in [0.717, 1.165) is 17.5 Å². The zero-order valence-electron chi connectivity index (χ0n) is 14.8. The van der Waals surface area contributed by atoms with Crippen LogP contribution in [0.15, 0.2) is 60.7 Å². The first-order chi connectivity index (χ1) is 12.7. The van der Waals surface area contributed by atoms with Crippen molar-refractivity contribution in [2.45, 2.75) is 31.5 Å². The van der Waals surface area contributed by atoms with Gasteiger partial charge in [-0.3, -0.25) is 9.59 Å². The molecule has 0 aliphatic carbocycles. The minimum atomic E-state index is -0.762. The van der Waals surface area contributed by atoms with Crippen LogP contribution >= 0.6 is 0 Å². The topological polar surface area (TPSA) is 58.6 Å². The quantitative estimate of drug-likeness (QED) is 0.743. The minimum absolute atomic E-state index is 0.00589. The predicted octanol–water partition coefficient (Wildman–Crippen LogP) is 2.51. The fourth-order valence-electron chi connectivity index (χ4n) is 3.47. The molecule has 1 atom stereocenters. The van der Waals surface area contributed by atoms with Gasteiger partial charge in [0.2, 0.25) is 12.3 Å². The molecule has 2 aromatic rings. The largest absolute Gasteiger partial charge is 0.372 e. The highest BCUT2D eigenvalue weighted by Crippen LogP contribution is 2.28. The summed E-state index contributed by atoms with van der Waals surface area (Å²) in [4.78, 5) is 25.8. The van der Waals surface area contributed by atoms with Crippen molar-refractivity contribution >= 4 is 12.3 Å². The Labute approximate surface area is 154 Å². The van der Waals surface area contributed by atoms with E-state index >= 15 is 0 Å². The van der Waals surface area contributed by atoms with Crippen LogP contribution in [0.2, 0.25) is 0 Å². The highest BCUT2D eigenvalue weighted by atomic mass is 16.5. The molecule has 2 amide bonds. The number of carbonyl (C=O) groups is 2. The lowest BCUT2D eigenvalue weighted by Crippen LogP contribution is -2.60. The molecular formula is C21H24N2O3. The molecule has 0 aromatic heterocycles. The van der Waals surface area contributed by atoms with Crippen LogP contribution in [0, 0.1) is 0 Å². The maximum absolute atomic E-state index is 12.9. The third kappa shape index (κ3) is 4.29. The zero-order chi connectivity index (χ0) is 18.2. The molecule has 5 heteroatoms. The van der Waals surface area contributed by atoms with Crippen LogP contribution in [0.1, 0.15) is 24.0 Å². The summed E-state index contributed by atoms with van der Waals surface area (Å²) in [6.07, 6.45) is 2.53. The molecule has 0 radical (unpaired) electrons. The van der Waals surface area contributed by atoms with Gasteiger partial charge in [-0.15, -0.1) is 0 Å². The van der Waals surface area contributed by atoms with Crippen molar-refractivity contribution in [2.24, 2.45) is 0 Å². The lowest BCUT2D eigenvalue weighted by atomic mass is 10.1. The van der Waals surface area contributed by atoms with Gasteiger partial charge in [0.15, 0.2) is 0 Å². The van der Waals surface area contributed by atoms with E-state index in [-0.39, 0.29) is 12.5 Å². The average Bonchev–Trinajstić information content (AvgIpc) is 3.07. The standard InChI is InChI=1S/C21H24N2O3/c24-17-22-21(16-26-15-19-10-5-2-6-11-19)12-7-13-23(21)20(25)14-18-8-3-1-4-9-18/h1-6,8-11,17H,7,12-16H2,(H,22,24). The van der Waals surface area contributed by atoms with Crippen LogP contribution in [0.3, 0.4) is 0 Å². The van der Waals surface area contributed by atoms with E-state index in [1.54, 1.807) is 4.90 Å². The molecular weight excluding hydrogens is 328 g/mol. The summed E-state index contributed by atoms with van der Waals surface area (Å²) < 4.78 is 5.87. The van der Waals surface area contributed by atoms with E-state index in [1.165, 1.54) is 0 Å². The van der Waals surface area contributed by atoms with Gasteiger partial charge < -0.3 is 15.0 Å². The van der Waals surface area contributed by atoms with Gasteiger partial charge in [0.05, 0.1) is 19.6 Å². The number of hydrogen-bond acceptors (Lipinski definition) is 3. The first-order valence-electron chi connectivity index (χ1n) is 8.91. The van der Waals surface area contributed by atoms with Crippen LogP contribution in [-0.4, -0.2) is 36.0 Å². The van der Waals surface area contributed by atoms with E-state index in [2.05, 4.69) is 5.32 Å². The third-order valence-electron chi connectivity index (χ3n) is 4.77. The van der Waals surface area contributed by atoms with Gasteiger partial charge in [0.1, 0.15) is 5.66 Å². The van der Waals surface area contributed by atoms with Crippen molar-refractivity contribution in [2.75, 3.05) is 13.2 Å². The van der Waals surface area contributed by atoms with Crippen molar-refractivity contribution in [3.8, 4) is 0 Å². The van der Waals surface area contributed by atoms with Crippen molar-refractivity contribution in [1.29, 1.82) is 0 Å². The Morgan fingerprint density at radius 1 is 1.08 bits per heavy atom. The Morgan fingerprint density at radius 3 is 2.38 bits per heavy atom. The molecule has 0 spiro atoms. The SMILES string of the molecule is O=CNC1(COCc2ccccc2)CCCN1C(=O)Cc1ccccc1. The number of benzene rings is 2. The molecule has 3 rings (SSSR count). The number of rotatable bonds is 8. The van der Waals surface area contributed by atoms with E-state index < -0.39 is 5.66 Å². The van der Waals surface area contributed by atoms with Crippen LogP contribution in [0.5, 0.6) is 0 Å². The second-order valence-electron chi connectivity index (χ2n) is 6.58. The molecule has 1 fully saturated rings. The van der Waals surface area contributed by atoms with Crippen LogP contribution < -0.4 is 5.32 Å². The van der Waals surface area contributed by atoms with E-state index in [0.29, 0.717) is 32.4 Å². The van der Waals surface area contributed by atoms with Gasteiger partial charge in [-0.1, -0.05) is 60.7 Å². The van der Waals surface area contributed by atoms with Gasteiger partial charge in [0, 0.05) is 6.54 Å². The van der Waals surface area contributed by atoms with Gasteiger partial charge in [-0.2, -0.15) is 0 Å². The lowest BCUT2D eigenvalue weighted by molar-refractivity contribution is -0.140. The Bertz CT molecular complexity index is 721. The number of carbonyl (C=O) groups excluding carboxylic acids is 2. The normalized spacial score (nSPS) is 19.3. The summed E-state index contributed by atoms with van der Waals surface area (Å²) in [5.74, 6) is 0.00589. The molecule has 5 nitrogen and oxygen atoms in total. The van der Waals surface area contributed by atoms with Crippen LogP contribution in [-0.2, 0) is 27.4 Å². The molecule has 1 aliphatic heterocycles. The van der Waals surface area contributed by atoms with Crippen molar-refractivity contribution in [1.82, 2.24) is 10.2 Å². The van der Waals surface area contributed by atoms with Gasteiger partial charge in [-0.05, 0) is 24.0 Å².